The van der Waals surface area contributed by atoms with Crippen molar-refractivity contribution in [1.82, 2.24) is 4.90 Å². The first-order valence-corrected chi connectivity index (χ1v) is 9.52. The van der Waals surface area contributed by atoms with Crippen LogP contribution in [0.15, 0.2) is 24.4 Å². The van der Waals surface area contributed by atoms with Crippen LogP contribution < -0.4 is 0 Å². The Kier molecular flexibility index (Phi) is 5.33. The van der Waals surface area contributed by atoms with E-state index >= 15 is 0 Å². The van der Waals surface area contributed by atoms with Gasteiger partial charge in [0.25, 0.3) is 0 Å². The number of aryl methyl sites for hydroxylation is 1. The average molecular weight is 364 g/mol. The van der Waals surface area contributed by atoms with Crippen LogP contribution in [-0.4, -0.2) is 36.5 Å². The SMILES string of the molecule is CCc1cc(C#CC#N)ccc1C1=CN(CC2OCC(C)(C)CO2)C1(C)C. The quantitative estimate of drug-likeness (QED) is 0.759. The molecule has 2 heterocycles. The van der Waals surface area contributed by atoms with Gasteiger partial charge >= 0.3 is 0 Å². The molecule has 3 rings (SSSR count). The second kappa shape index (κ2) is 7.39. The lowest BCUT2D eigenvalue weighted by Gasteiger charge is -2.50. The molecular formula is C23H28N2O2. The molecule has 2 aliphatic heterocycles. The highest BCUT2D eigenvalue weighted by Crippen LogP contribution is 2.43. The Hall–Kier alpha value is -2.27. The fourth-order valence-corrected chi connectivity index (χ4v) is 3.56. The summed E-state index contributed by atoms with van der Waals surface area (Å²) in [7, 11) is 0. The van der Waals surface area contributed by atoms with Gasteiger partial charge in [0.15, 0.2) is 12.4 Å². The van der Waals surface area contributed by atoms with Gasteiger partial charge in [-0.3, -0.25) is 0 Å². The van der Waals surface area contributed by atoms with Crippen molar-refractivity contribution < 1.29 is 9.47 Å². The smallest absolute Gasteiger partial charge is 0.174 e. The van der Waals surface area contributed by atoms with Crippen LogP contribution in [0, 0.1) is 28.6 Å². The summed E-state index contributed by atoms with van der Waals surface area (Å²) >= 11 is 0. The number of hydrogen-bond acceptors (Lipinski definition) is 4. The lowest BCUT2D eigenvalue weighted by molar-refractivity contribution is -0.228. The van der Waals surface area contributed by atoms with Gasteiger partial charge in [-0.2, -0.15) is 5.26 Å². The molecule has 27 heavy (non-hydrogen) atoms. The van der Waals surface area contributed by atoms with Crippen molar-refractivity contribution in [3.8, 4) is 17.9 Å². The fourth-order valence-electron chi connectivity index (χ4n) is 3.56. The van der Waals surface area contributed by atoms with Gasteiger partial charge in [-0.05, 0) is 43.5 Å². The van der Waals surface area contributed by atoms with Crippen molar-refractivity contribution in [2.75, 3.05) is 19.8 Å². The molecule has 0 atom stereocenters. The van der Waals surface area contributed by atoms with Gasteiger partial charge in [0.2, 0.25) is 0 Å². The van der Waals surface area contributed by atoms with Crippen LogP contribution in [0.5, 0.6) is 0 Å². The van der Waals surface area contributed by atoms with E-state index in [0.717, 1.165) is 31.7 Å². The van der Waals surface area contributed by atoms with E-state index in [1.165, 1.54) is 16.7 Å². The van der Waals surface area contributed by atoms with Crippen LogP contribution >= 0.6 is 0 Å². The van der Waals surface area contributed by atoms with Crippen molar-refractivity contribution in [3.05, 3.63) is 41.1 Å². The second-order valence-electron chi connectivity index (χ2n) is 8.56. The van der Waals surface area contributed by atoms with Crippen molar-refractivity contribution in [1.29, 1.82) is 5.26 Å². The van der Waals surface area contributed by atoms with Gasteiger partial charge in [0.05, 0.1) is 25.3 Å². The van der Waals surface area contributed by atoms with Crippen LogP contribution in [0.1, 0.15) is 51.3 Å². The molecular weight excluding hydrogens is 336 g/mol. The van der Waals surface area contributed by atoms with Gasteiger partial charge in [0, 0.05) is 28.7 Å². The third kappa shape index (κ3) is 4.03. The maximum atomic E-state index is 8.65. The number of rotatable bonds is 4. The summed E-state index contributed by atoms with van der Waals surface area (Å²) in [6, 6.07) is 8.09. The summed E-state index contributed by atoms with van der Waals surface area (Å²) in [5, 5.41) is 8.65. The van der Waals surface area contributed by atoms with Crippen LogP contribution in [0.25, 0.3) is 5.57 Å². The lowest BCUT2D eigenvalue weighted by Crippen LogP contribution is -2.54. The molecule has 0 N–H and O–H groups in total. The summed E-state index contributed by atoms with van der Waals surface area (Å²) in [6.07, 6.45) is 2.96. The van der Waals surface area contributed by atoms with E-state index < -0.39 is 0 Å². The third-order valence-corrected chi connectivity index (χ3v) is 5.37. The Bertz CT molecular complexity index is 839. The van der Waals surface area contributed by atoms with E-state index in [0.29, 0.717) is 0 Å². The fraction of sp³-hybridized carbons (Fsp3) is 0.522. The standard InChI is InChI=1S/C23H28N2O2/c1-6-18-12-17(8-7-11-24)9-10-19(18)20-13-25(23(20,4)5)14-21-26-15-22(2,3)16-27-21/h9-10,12-13,21H,6,14-16H2,1-5H3. The molecule has 0 aliphatic carbocycles. The van der Waals surface area contributed by atoms with E-state index in [1.807, 2.05) is 12.1 Å². The van der Waals surface area contributed by atoms with Crippen molar-refractivity contribution in [2.45, 2.75) is 52.9 Å². The molecule has 0 spiro atoms. The number of nitrogens with zero attached hydrogens (tertiary/aromatic N) is 2. The highest BCUT2D eigenvalue weighted by Gasteiger charge is 2.41. The monoisotopic (exact) mass is 364 g/mol. The molecule has 1 aromatic carbocycles. The summed E-state index contributed by atoms with van der Waals surface area (Å²) in [5.41, 5.74) is 4.73. The summed E-state index contributed by atoms with van der Waals surface area (Å²) in [5.74, 6) is 5.36. The number of ether oxygens (including phenoxy) is 2. The molecule has 0 bridgehead atoms. The maximum absolute atomic E-state index is 8.65. The molecule has 1 fully saturated rings. The molecule has 1 aromatic rings. The highest BCUT2D eigenvalue weighted by molar-refractivity contribution is 5.79. The van der Waals surface area contributed by atoms with Gasteiger partial charge in [0.1, 0.15) is 0 Å². The predicted octanol–water partition coefficient (Wildman–Crippen LogP) is 3.96. The zero-order valence-electron chi connectivity index (χ0n) is 16.9. The minimum absolute atomic E-state index is 0.0799. The number of benzene rings is 1. The summed E-state index contributed by atoms with van der Waals surface area (Å²) in [6.45, 7) is 13.1. The molecule has 4 heteroatoms. The first-order chi connectivity index (χ1) is 12.8. The average Bonchev–Trinajstić information content (AvgIpc) is 2.64. The normalized spacial score (nSPS) is 20.7. The summed E-state index contributed by atoms with van der Waals surface area (Å²) in [4.78, 5) is 2.30. The first kappa shape index (κ1) is 19.5. The minimum atomic E-state index is -0.177. The van der Waals surface area contributed by atoms with E-state index in [-0.39, 0.29) is 17.2 Å². The van der Waals surface area contributed by atoms with Crippen LogP contribution in [-0.2, 0) is 15.9 Å². The topological polar surface area (TPSA) is 45.5 Å². The molecule has 0 unspecified atom stereocenters. The Morgan fingerprint density at radius 3 is 2.48 bits per heavy atom. The Balaban J connectivity index is 1.76. The molecule has 1 saturated heterocycles. The van der Waals surface area contributed by atoms with E-state index in [9.17, 15) is 0 Å². The Morgan fingerprint density at radius 1 is 1.19 bits per heavy atom. The second-order valence-corrected chi connectivity index (χ2v) is 8.56. The van der Waals surface area contributed by atoms with Crippen molar-refractivity contribution >= 4 is 5.57 Å². The van der Waals surface area contributed by atoms with Crippen molar-refractivity contribution in [3.63, 3.8) is 0 Å². The van der Waals surface area contributed by atoms with Gasteiger partial charge in [-0.1, -0.05) is 32.8 Å². The summed E-state index contributed by atoms with van der Waals surface area (Å²) < 4.78 is 11.8. The Morgan fingerprint density at radius 2 is 1.89 bits per heavy atom. The third-order valence-electron chi connectivity index (χ3n) is 5.37. The van der Waals surface area contributed by atoms with Crippen LogP contribution in [0.2, 0.25) is 0 Å². The molecule has 0 aromatic heterocycles. The zero-order valence-corrected chi connectivity index (χ0v) is 16.9. The Labute approximate surface area is 162 Å². The van der Waals surface area contributed by atoms with E-state index in [2.05, 4.69) is 69.7 Å². The van der Waals surface area contributed by atoms with Crippen LogP contribution in [0.3, 0.4) is 0 Å². The minimum Gasteiger partial charge on any atom is -0.363 e. The first-order valence-electron chi connectivity index (χ1n) is 9.52. The van der Waals surface area contributed by atoms with Crippen molar-refractivity contribution in [2.24, 2.45) is 5.41 Å². The lowest BCUT2D eigenvalue weighted by atomic mass is 9.79. The van der Waals surface area contributed by atoms with E-state index in [1.54, 1.807) is 0 Å². The molecule has 4 nitrogen and oxygen atoms in total. The molecule has 0 amide bonds. The van der Waals surface area contributed by atoms with Gasteiger partial charge in [-0.25, -0.2) is 0 Å². The van der Waals surface area contributed by atoms with Gasteiger partial charge < -0.3 is 14.4 Å². The number of hydrogen-bond donors (Lipinski definition) is 0. The zero-order chi connectivity index (χ0) is 19.7. The highest BCUT2D eigenvalue weighted by atomic mass is 16.7. The molecule has 142 valence electrons. The molecule has 0 radical (unpaired) electrons. The van der Waals surface area contributed by atoms with Crippen LogP contribution in [0.4, 0.5) is 0 Å². The molecule has 2 aliphatic rings. The van der Waals surface area contributed by atoms with Gasteiger partial charge in [-0.15, -0.1) is 0 Å². The largest absolute Gasteiger partial charge is 0.363 e. The maximum Gasteiger partial charge on any atom is 0.174 e. The molecule has 0 saturated carbocycles. The van der Waals surface area contributed by atoms with E-state index in [4.69, 9.17) is 14.7 Å². The predicted molar refractivity (Wildman–Crippen MR) is 107 cm³/mol. The number of nitriles is 1.